The van der Waals surface area contributed by atoms with E-state index in [-0.39, 0.29) is 6.04 Å². The molecule has 0 aromatic heterocycles. The van der Waals surface area contributed by atoms with Crippen molar-refractivity contribution >= 4 is 17.3 Å². The Morgan fingerprint density at radius 3 is 2.20 bits per heavy atom. The topological polar surface area (TPSA) is 61.4 Å². The van der Waals surface area contributed by atoms with Crippen LogP contribution in [0.25, 0.3) is 0 Å². The number of carboxylic acids is 1. The molecule has 0 spiro atoms. The van der Waals surface area contributed by atoms with Gasteiger partial charge in [0.25, 0.3) is 0 Å². The summed E-state index contributed by atoms with van der Waals surface area (Å²) in [5.74, 6) is -0.829. The molecule has 0 saturated heterocycles. The molecule has 20 heavy (non-hydrogen) atoms. The summed E-state index contributed by atoms with van der Waals surface area (Å²) >= 11 is 0. The van der Waals surface area contributed by atoms with Gasteiger partial charge in [0.15, 0.2) is 0 Å². The van der Waals surface area contributed by atoms with Crippen LogP contribution in [0.2, 0.25) is 0 Å². The Balaban J connectivity index is 1.98. The summed E-state index contributed by atoms with van der Waals surface area (Å²) in [5, 5.41) is 15.9. The Morgan fingerprint density at radius 1 is 0.950 bits per heavy atom. The highest BCUT2D eigenvalue weighted by molar-refractivity contribution is 5.81. The molecule has 1 aliphatic rings. The van der Waals surface area contributed by atoms with Gasteiger partial charge in [0.1, 0.15) is 6.04 Å². The van der Waals surface area contributed by atoms with E-state index in [1.165, 1.54) is 0 Å². The molecule has 2 aromatic rings. The maximum atomic E-state index is 11.4. The molecule has 1 heterocycles. The number of hydrogen-bond acceptors (Lipinski definition) is 3. The molecule has 3 N–H and O–H groups in total. The zero-order valence-corrected chi connectivity index (χ0v) is 10.9. The minimum Gasteiger partial charge on any atom is -0.480 e. The van der Waals surface area contributed by atoms with Crippen molar-refractivity contribution in [1.82, 2.24) is 0 Å². The van der Waals surface area contributed by atoms with Crippen LogP contribution in [0.5, 0.6) is 0 Å². The van der Waals surface area contributed by atoms with Gasteiger partial charge in [-0.25, -0.2) is 4.79 Å². The van der Waals surface area contributed by atoms with Crippen molar-refractivity contribution in [2.45, 2.75) is 18.5 Å². The summed E-state index contributed by atoms with van der Waals surface area (Å²) in [6, 6.07) is 17.0. The van der Waals surface area contributed by atoms with Crippen molar-refractivity contribution in [1.29, 1.82) is 0 Å². The normalized spacial score (nSPS) is 21.0. The van der Waals surface area contributed by atoms with Crippen molar-refractivity contribution in [3.63, 3.8) is 0 Å². The van der Waals surface area contributed by atoms with Crippen LogP contribution in [0.1, 0.15) is 18.0 Å². The lowest BCUT2D eigenvalue weighted by molar-refractivity contribution is -0.138. The van der Waals surface area contributed by atoms with Gasteiger partial charge >= 0.3 is 5.97 Å². The fraction of sp³-hybridized carbons (Fsp3) is 0.188. The summed E-state index contributed by atoms with van der Waals surface area (Å²) in [5.41, 5.74) is 2.86. The van der Waals surface area contributed by atoms with E-state index in [9.17, 15) is 9.90 Å². The van der Waals surface area contributed by atoms with Gasteiger partial charge in [-0.2, -0.15) is 0 Å². The van der Waals surface area contributed by atoms with E-state index >= 15 is 0 Å². The number of fused-ring (bicyclic) bond motifs is 1. The number of benzene rings is 2. The second kappa shape index (κ2) is 5.25. The first-order valence-electron chi connectivity index (χ1n) is 6.64. The van der Waals surface area contributed by atoms with Crippen LogP contribution >= 0.6 is 0 Å². The van der Waals surface area contributed by atoms with Crippen LogP contribution in [0.4, 0.5) is 11.4 Å². The molecule has 3 rings (SSSR count). The molecule has 102 valence electrons. The van der Waals surface area contributed by atoms with E-state index in [2.05, 4.69) is 10.6 Å². The molecular formula is C16H16N2O2. The standard InChI is InChI=1S/C16H16N2O2/c19-16(20)15-10-14(11-6-2-1-3-7-11)17-12-8-4-5-9-13(12)18-15/h1-9,14-15,17-18H,10H2,(H,19,20). The van der Waals surface area contributed by atoms with Crippen LogP contribution < -0.4 is 10.6 Å². The molecule has 0 fully saturated rings. The van der Waals surface area contributed by atoms with Crippen LogP contribution in [-0.2, 0) is 4.79 Å². The van der Waals surface area contributed by atoms with Crippen molar-refractivity contribution in [3.05, 3.63) is 60.2 Å². The van der Waals surface area contributed by atoms with Gasteiger partial charge in [-0.1, -0.05) is 42.5 Å². The molecule has 2 unspecified atom stereocenters. The highest BCUT2D eigenvalue weighted by Gasteiger charge is 2.27. The third-order valence-corrected chi connectivity index (χ3v) is 3.56. The second-order valence-corrected chi connectivity index (χ2v) is 4.92. The van der Waals surface area contributed by atoms with Gasteiger partial charge in [0.05, 0.1) is 17.4 Å². The largest absolute Gasteiger partial charge is 0.480 e. The minimum absolute atomic E-state index is 0.0200. The van der Waals surface area contributed by atoms with E-state index in [0.29, 0.717) is 6.42 Å². The highest BCUT2D eigenvalue weighted by atomic mass is 16.4. The van der Waals surface area contributed by atoms with Crippen molar-refractivity contribution < 1.29 is 9.90 Å². The average molecular weight is 268 g/mol. The molecule has 1 aliphatic heterocycles. The Hall–Kier alpha value is -2.49. The summed E-state index contributed by atoms with van der Waals surface area (Å²) in [6.07, 6.45) is 0.494. The number of nitrogens with one attached hydrogen (secondary N) is 2. The molecular weight excluding hydrogens is 252 g/mol. The number of carbonyl (C=O) groups is 1. The first kappa shape index (κ1) is 12.5. The first-order chi connectivity index (χ1) is 9.74. The lowest BCUT2D eigenvalue weighted by atomic mass is 10.00. The zero-order valence-electron chi connectivity index (χ0n) is 10.9. The predicted molar refractivity (Wildman–Crippen MR) is 78.9 cm³/mol. The van der Waals surface area contributed by atoms with Crippen molar-refractivity contribution in [3.8, 4) is 0 Å². The smallest absolute Gasteiger partial charge is 0.326 e. The zero-order chi connectivity index (χ0) is 13.9. The van der Waals surface area contributed by atoms with E-state index in [1.807, 2.05) is 54.6 Å². The lowest BCUT2D eigenvalue weighted by Crippen LogP contribution is -2.30. The van der Waals surface area contributed by atoms with Crippen LogP contribution in [0.15, 0.2) is 54.6 Å². The van der Waals surface area contributed by atoms with Gasteiger partial charge in [-0.3, -0.25) is 0 Å². The number of anilines is 2. The van der Waals surface area contributed by atoms with Gasteiger partial charge in [0.2, 0.25) is 0 Å². The van der Waals surface area contributed by atoms with E-state index in [1.54, 1.807) is 0 Å². The predicted octanol–water partition coefficient (Wildman–Crippen LogP) is 3.11. The maximum Gasteiger partial charge on any atom is 0.326 e. The molecule has 0 saturated carbocycles. The molecule has 4 heteroatoms. The summed E-state index contributed by atoms with van der Waals surface area (Å²) in [7, 11) is 0. The second-order valence-electron chi connectivity index (χ2n) is 4.92. The Kier molecular flexibility index (Phi) is 3.29. The number of aliphatic carboxylic acids is 1. The van der Waals surface area contributed by atoms with E-state index < -0.39 is 12.0 Å². The molecule has 0 aliphatic carbocycles. The molecule has 0 radical (unpaired) electrons. The summed E-state index contributed by atoms with van der Waals surface area (Å²) in [6.45, 7) is 0. The van der Waals surface area contributed by atoms with Crippen LogP contribution in [-0.4, -0.2) is 17.1 Å². The number of carboxylic acid groups (broad SMARTS) is 1. The molecule has 0 bridgehead atoms. The Labute approximate surface area is 117 Å². The van der Waals surface area contributed by atoms with Crippen LogP contribution in [0.3, 0.4) is 0 Å². The van der Waals surface area contributed by atoms with E-state index in [4.69, 9.17) is 0 Å². The minimum atomic E-state index is -0.829. The van der Waals surface area contributed by atoms with Gasteiger partial charge in [0, 0.05) is 6.42 Å². The monoisotopic (exact) mass is 268 g/mol. The summed E-state index contributed by atoms with van der Waals surface area (Å²) < 4.78 is 0. The third-order valence-electron chi connectivity index (χ3n) is 3.56. The third kappa shape index (κ3) is 2.45. The average Bonchev–Trinajstić information content (AvgIpc) is 2.67. The summed E-state index contributed by atoms with van der Waals surface area (Å²) in [4.78, 5) is 11.4. The lowest BCUT2D eigenvalue weighted by Gasteiger charge is -2.19. The van der Waals surface area contributed by atoms with E-state index in [0.717, 1.165) is 16.9 Å². The first-order valence-corrected chi connectivity index (χ1v) is 6.64. The van der Waals surface area contributed by atoms with Gasteiger partial charge in [-0.05, 0) is 17.7 Å². The highest BCUT2D eigenvalue weighted by Crippen LogP contribution is 2.33. The number of rotatable bonds is 2. The van der Waals surface area contributed by atoms with Crippen molar-refractivity contribution in [2.24, 2.45) is 0 Å². The molecule has 2 atom stereocenters. The quantitative estimate of drug-likeness (QED) is 0.783. The number of para-hydroxylation sites is 2. The Bertz CT molecular complexity index is 613. The molecule has 2 aromatic carbocycles. The van der Waals surface area contributed by atoms with Gasteiger partial charge in [-0.15, -0.1) is 0 Å². The maximum absolute atomic E-state index is 11.4. The molecule has 4 nitrogen and oxygen atoms in total. The SMILES string of the molecule is O=C(O)C1CC(c2ccccc2)Nc2ccccc2N1. The fourth-order valence-electron chi connectivity index (χ4n) is 2.53. The van der Waals surface area contributed by atoms with Gasteiger partial charge < -0.3 is 15.7 Å². The Morgan fingerprint density at radius 2 is 1.55 bits per heavy atom. The fourth-order valence-corrected chi connectivity index (χ4v) is 2.53. The number of hydrogen-bond donors (Lipinski definition) is 3. The van der Waals surface area contributed by atoms with Crippen molar-refractivity contribution in [2.75, 3.05) is 10.6 Å². The van der Waals surface area contributed by atoms with Crippen LogP contribution in [0, 0.1) is 0 Å². The molecule has 0 amide bonds.